The van der Waals surface area contributed by atoms with Crippen LogP contribution in [0.3, 0.4) is 0 Å². The summed E-state index contributed by atoms with van der Waals surface area (Å²) in [4.78, 5) is 12.9. The van der Waals surface area contributed by atoms with Gasteiger partial charge in [-0.1, -0.05) is 0 Å². The average molecular weight is 569 g/mol. The van der Waals surface area contributed by atoms with Crippen molar-refractivity contribution in [2.45, 2.75) is 56.0 Å². The van der Waals surface area contributed by atoms with Gasteiger partial charge in [0, 0.05) is 36.7 Å². The van der Waals surface area contributed by atoms with Gasteiger partial charge in [0.25, 0.3) is 5.91 Å². The van der Waals surface area contributed by atoms with Crippen LogP contribution >= 0.6 is 0 Å². The third-order valence-corrected chi connectivity index (χ3v) is 7.36. The fourth-order valence-electron chi connectivity index (χ4n) is 4.41. The Morgan fingerprint density at radius 3 is 2.37 bits per heavy atom. The number of hydrogen-bond acceptors (Lipinski definition) is 5. The molecule has 1 fully saturated rings. The lowest BCUT2D eigenvalue weighted by molar-refractivity contribution is -0.222. The number of aromatic nitrogens is 2. The van der Waals surface area contributed by atoms with Gasteiger partial charge in [-0.3, -0.25) is 9.48 Å². The number of halogens is 7. The zero-order valence-corrected chi connectivity index (χ0v) is 20.6. The first-order chi connectivity index (χ1) is 17.5. The molecule has 208 valence electrons. The molecule has 1 unspecified atom stereocenters. The third-order valence-electron chi connectivity index (χ3n) is 6.21. The van der Waals surface area contributed by atoms with Crippen LogP contribution in [0.15, 0.2) is 36.5 Å². The Labute approximate surface area is 212 Å². The number of sulfonamides is 1. The maximum Gasteiger partial charge on any atom is 0.417 e. The highest BCUT2D eigenvalue weighted by atomic mass is 32.2. The van der Waals surface area contributed by atoms with Crippen molar-refractivity contribution >= 4 is 21.5 Å². The molecule has 0 saturated heterocycles. The fraction of sp³-hybridized carbons (Fsp3) is 0.478. The highest BCUT2D eigenvalue weighted by Gasteiger charge is 2.66. The van der Waals surface area contributed by atoms with Crippen molar-refractivity contribution in [2.24, 2.45) is 0 Å². The van der Waals surface area contributed by atoms with Crippen molar-refractivity contribution < 1.29 is 48.7 Å². The number of hydrogen-bond donors (Lipinski definition) is 0. The van der Waals surface area contributed by atoms with E-state index in [0.29, 0.717) is 18.4 Å². The maximum atomic E-state index is 15.3. The minimum absolute atomic E-state index is 0.0112. The Balaban J connectivity index is 1.76. The van der Waals surface area contributed by atoms with E-state index < -0.39 is 71.1 Å². The summed E-state index contributed by atoms with van der Waals surface area (Å²) in [5.74, 6) is -3.45. The lowest BCUT2D eigenvalue weighted by Crippen LogP contribution is -2.61. The Hall–Kier alpha value is -3.10. The maximum absolute atomic E-state index is 15.3. The summed E-state index contributed by atoms with van der Waals surface area (Å²) in [5, 5.41) is 4.22. The molecule has 38 heavy (non-hydrogen) atoms. The van der Waals surface area contributed by atoms with E-state index >= 15 is 4.39 Å². The van der Waals surface area contributed by atoms with Crippen LogP contribution in [-0.4, -0.2) is 53.6 Å². The van der Waals surface area contributed by atoms with Gasteiger partial charge in [-0.15, -0.1) is 0 Å². The fourth-order valence-corrected chi connectivity index (χ4v) is 5.63. The van der Waals surface area contributed by atoms with Crippen LogP contribution in [0.4, 0.5) is 30.7 Å². The number of amides is 1. The molecule has 1 aliphatic carbocycles. The molecule has 2 heterocycles. The molecule has 1 aliphatic heterocycles. The van der Waals surface area contributed by atoms with Crippen molar-refractivity contribution in [3.05, 3.63) is 53.6 Å². The first-order valence-electron chi connectivity index (χ1n) is 11.4. The third kappa shape index (κ3) is 5.52. The Morgan fingerprint density at radius 2 is 1.82 bits per heavy atom. The SMILES string of the molecule is CS(=O)(=O)N1C(=O)C=C(c2ccn(C3CC3)n2)CC1(c1ccc(OCCCC(F)(F)F)cc1F)C(F)(F)F. The summed E-state index contributed by atoms with van der Waals surface area (Å²) >= 11 is 0. The van der Waals surface area contributed by atoms with E-state index in [4.69, 9.17) is 4.74 Å². The van der Waals surface area contributed by atoms with Crippen LogP contribution in [0.25, 0.3) is 5.57 Å². The molecule has 1 atom stereocenters. The number of ether oxygens (including phenoxy) is 1. The first-order valence-corrected chi connectivity index (χ1v) is 13.2. The molecule has 0 radical (unpaired) electrons. The average Bonchev–Trinajstić information content (AvgIpc) is 3.50. The van der Waals surface area contributed by atoms with Crippen LogP contribution in [0.1, 0.15) is 49.4 Å². The summed E-state index contributed by atoms with van der Waals surface area (Å²) in [7, 11) is -4.89. The first kappa shape index (κ1) is 27.9. The Morgan fingerprint density at radius 1 is 1.13 bits per heavy atom. The van der Waals surface area contributed by atoms with E-state index in [9.17, 15) is 39.6 Å². The zero-order valence-electron chi connectivity index (χ0n) is 19.8. The molecule has 1 aromatic carbocycles. The van der Waals surface area contributed by atoms with Gasteiger partial charge in [-0.05, 0) is 43.0 Å². The normalized spacial score (nSPS) is 21.0. The highest BCUT2D eigenvalue weighted by molar-refractivity contribution is 7.89. The van der Waals surface area contributed by atoms with E-state index in [2.05, 4.69) is 5.10 Å². The van der Waals surface area contributed by atoms with Crippen LogP contribution in [0.5, 0.6) is 5.75 Å². The second-order valence-corrected chi connectivity index (χ2v) is 11.0. The summed E-state index contributed by atoms with van der Waals surface area (Å²) in [5.41, 5.74) is -5.06. The topological polar surface area (TPSA) is 81.5 Å². The summed E-state index contributed by atoms with van der Waals surface area (Å²) in [6, 6.07) is 3.48. The molecule has 1 aromatic heterocycles. The van der Waals surface area contributed by atoms with E-state index in [1.54, 1.807) is 0 Å². The lowest BCUT2D eigenvalue weighted by Gasteiger charge is -2.45. The minimum Gasteiger partial charge on any atom is -0.493 e. The van der Waals surface area contributed by atoms with Gasteiger partial charge >= 0.3 is 12.4 Å². The second kappa shape index (κ2) is 9.58. The zero-order chi connectivity index (χ0) is 28.1. The van der Waals surface area contributed by atoms with Crippen LogP contribution in [0.2, 0.25) is 0 Å². The van der Waals surface area contributed by atoms with Crippen molar-refractivity contribution in [1.29, 1.82) is 0 Å². The number of alkyl halides is 6. The van der Waals surface area contributed by atoms with Crippen LogP contribution < -0.4 is 4.74 Å². The summed E-state index contributed by atoms with van der Waals surface area (Å²) < 4.78 is 128. The summed E-state index contributed by atoms with van der Waals surface area (Å²) in [6.07, 6.45) is -8.42. The number of carbonyl (C=O) groups is 1. The number of carbonyl (C=O) groups excluding carboxylic acids is 1. The van der Waals surface area contributed by atoms with Gasteiger partial charge in [0.15, 0.2) is 5.54 Å². The van der Waals surface area contributed by atoms with Crippen molar-refractivity contribution in [2.75, 3.05) is 12.9 Å². The van der Waals surface area contributed by atoms with Crippen molar-refractivity contribution in [1.82, 2.24) is 14.1 Å². The molecule has 7 nitrogen and oxygen atoms in total. The molecule has 0 spiro atoms. The van der Waals surface area contributed by atoms with E-state index in [1.807, 2.05) is 0 Å². The van der Waals surface area contributed by atoms with Gasteiger partial charge in [-0.25, -0.2) is 17.1 Å². The minimum atomic E-state index is -5.49. The quantitative estimate of drug-likeness (QED) is 0.326. The predicted molar refractivity (Wildman–Crippen MR) is 120 cm³/mol. The van der Waals surface area contributed by atoms with Crippen LogP contribution in [-0.2, 0) is 20.4 Å². The molecular formula is C23H22F7N3O4S. The van der Waals surface area contributed by atoms with Gasteiger partial charge in [0.2, 0.25) is 10.0 Å². The Kier molecular flexibility index (Phi) is 7.04. The van der Waals surface area contributed by atoms with Crippen LogP contribution in [0, 0.1) is 5.82 Å². The molecule has 2 aliphatic rings. The van der Waals surface area contributed by atoms with Gasteiger partial charge < -0.3 is 4.74 Å². The lowest BCUT2D eigenvalue weighted by atomic mass is 9.79. The van der Waals surface area contributed by atoms with E-state index in [0.717, 1.165) is 25.0 Å². The molecule has 2 aromatic rings. The van der Waals surface area contributed by atoms with Crippen molar-refractivity contribution in [3.8, 4) is 5.75 Å². The van der Waals surface area contributed by atoms with Gasteiger partial charge in [0.1, 0.15) is 11.6 Å². The molecule has 0 bridgehead atoms. The molecule has 1 amide bonds. The molecule has 15 heteroatoms. The number of rotatable bonds is 8. The summed E-state index contributed by atoms with van der Waals surface area (Å²) in [6.45, 7) is -0.493. The second-order valence-electron chi connectivity index (χ2n) is 9.19. The number of benzene rings is 1. The molecule has 1 saturated carbocycles. The highest BCUT2D eigenvalue weighted by Crippen LogP contribution is 2.53. The van der Waals surface area contributed by atoms with Gasteiger partial charge in [-0.2, -0.15) is 31.4 Å². The molecule has 4 rings (SSSR count). The molecule has 0 N–H and O–H groups in total. The molecular weight excluding hydrogens is 547 g/mol. The van der Waals surface area contributed by atoms with Gasteiger partial charge in [0.05, 0.1) is 24.6 Å². The largest absolute Gasteiger partial charge is 0.493 e. The Bertz CT molecular complexity index is 1360. The van der Waals surface area contributed by atoms with E-state index in [1.165, 1.54) is 16.9 Å². The van der Waals surface area contributed by atoms with E-state index in [-0.39, 0.29) is 27.4 Å². The number of nitrogens with zero attached hydrogens (tertiary/aromatic N) is 3. The van der Waals surface area contributed by atoms with Crippen molar-refractivity contribution in [3.63, 3.8) is 0 Å². The smallest absolute Gasteiger partial charge is 0.417 e. The standard InChI is InChI=1S/C23H22F7N3O4S/c1-38(35,36)33-20(34)11-14(19-7-9-32(31-19)15-3-4-15)13-21(33,23(28,29)30)17-6-5-16(12-18(17)24)37-10-2-8-22(25,26)27/h5-7,9,11-12,15H,2-4,8,10,13H2,1H3. The predicted octanol–water partition coefficient (Wildman–Crippen LogP) is 5.11. The monoisotopic (exact) mass is 569 g/mol.